The van der Waals surface area contributed by atoms with Crippen molar-refractivity contribution in [2.75, 3.05) is 0 Å². The number of hydrogen-bond acceptors (Lipinski definition) is 0. The minimum atomic E-state index is -2.41. The van der Waals surface area contributed by atoms with E-state index in [2.05, 4.69) is 91.0 Å². The summed E-state index contributed by atoms with van der Waals surface area (Å²) in [5, 5.41) is 0. The van der Waals surface area contributed by atoms with Crippen LogP contribution < -0.4 is 0 Å². The first kappa shape index (κ1) is 18.2. The van der Waals surface area contributed by atoms with Crippen molar-refractivity contribution in [1.82, 2.24) is 0 Å². The van der Waals surface area contributed by atoms with Gasteiger partial charge in [-0.05, 0) is 0 Å². The van der Waals surface area contributed by atoms with Crippen LogP contribution in [0.1, 0.15) is 43.2 Å². The van der Waals surface area contributed by atoms with Crippen molar-refractivity contribution < 1.29 is 21.0 Å². The van der Waals surface area contributed by atoms with Crippen molar-refractivity contribution in [2.24, 2.45) is 0 Å². The van der Waals surface area contributed by atoms with Crippen LogP contribution in [-0.2, 0) is 21.0 Å². The van der Waals surface area contributed by atoms with Crippen LogP contribution in [0, 0.1) is 0 Å². The normalized spacial score (nSPS) is 20.3. The summed E-state index contributed by atoms with van der Waals surface area (Å²) < 4.78 is 4.17. The van der Waals surface area contributed by atoms with Crippen LogP contribution in [0.4, 0.5) is 0 Å². The third-order valence-electron chi connectivity index (χ3n) is 6.24. The zero-order valence-corrected chi connectivity index (χ0v) is 19.9. The van der Waals surface area contributed by atoms with Crippen LogP contribution in [0.25, 0.3) is 0 Å². The van der Waals surface area contributed by atoms with Crippen LogP contribution in [0.5, 0.6) is 0 Å². The molecule has 0 N–H and O–H groups in total. The Kier molecular flexibility index (Phi) is 5.36. The Morgan fingerprint density at radius 3 is 2.14 bits per heavy atom. The SMILES string of the molecule is C1=CC[C]([Hf](=[C](c2ccccc2)c2ccccc2)[CH]2C=CC3=C2CCCC3)=C1. The molecule has 1 heteroatoms. The first-order valence-electron chi connectivity index (χ1n) is 10.5. The van der Waals surface area contributed by atoms with E-state index in [1.54, 1.807) is 17.7 Å². The van der Waals surface area contributed by atoms with Crippen molar-refractivity contribution in [3.8, 4) is 0 Å². The Labute approximate surface area is 176 Å². The molecule has 0 saturated carbocycles. The average Bonchev–Trinajstić information content (AvgIpc) is 3.44. The molecule has 2 aromatic rings. The van der Waals surface area contributed by atoms with Gasteiger partial charge in [-0.1, -0.05) is 0 Å². The third kappa shape index (κ3) is 3.46. The fourth-order valence-corrected chi connectivity index (χ4v) is 17.8. The third-order valence-corrected chi connectivity index (χ3v) is 18.2. The van der Waals surface area contributed by atoms with Crippen LogP contribution in [-0.4, -0.2) is 3.26 Å². The van der Waals surface area contributed by atoms with Crippen molar-refractivity contribution in [1.29, 1.82) is 0 Å². The second-order valence-electron chi connectivity index (χ2n) is 7.94. The summed E-state index contributed by atoms with van der Waals surface area (Å²) in [6.07, 6.45) is 18.7. The molecule has 0 amide bonds. The van der Waals surface area contributed by atoms with Crippen LogP contribution >= 0.6 is 0 Å². The Bertz CT molecular complexity index is 975. The van der Waals surface area contributed by atoms with Gasteiger partial charge in [-0.15, -0.1) is 0 Å². The number of allylic oxidation sites excluding steroid dienone is 8. The van der Waals surface area contributed by atoms with Crippen molar-refractivity contribution >= 4 is 3.26 Å². The second kappa shape index (κ2) is 8.25. The van der Waals surface area contributed by atoms with E-state index >= 15 is 0 Å². The first-order valence-corrected chi connectivity index (χ1v) is 16.2. The molecule has 2 aromatic carbocycles. The van der Waals surface area contributed by atoms with Crippen LogP contribution in [0.3, 0.4) is 0 Å². The molecule has 1 atom stereocenters. The van der Waals surface area contributed by atoms with Gasteiger partial charge in [-0.25, -0.2) is 0 Å². The van der Waals surface area contributed by atoms with Gasteiger partial charge in [0.05, 0.1) is 0 Å². The summed E-state index contributed by atoms with van der Waals surface area (Å²) in [7, 11) is 0. The van der Waals surface area contributed by atoms with E-state index in [1.807, 2.05) is 0 Å². The molecule has 0 bridgehead atoms. The summed E-state index contributed by atoms with van der Waals surface area (Å²) in [5.41, 5.74) is 6.36. The van der Waals surface area contributed by atoms with Gasteiger partial charge in [0, 0.05) is 0 Å². The maximum absolute atomic E-state index is 2.60. The van der Waals surface area contributed by atoms with E-state index < -0.39 is 21.0 Å². The van der Waals surface area contributed by atoms with E-state index in [0.29, 0.717) is 3.67 Å². The zero-order valence-electron chi connectivity index (χ0n) is 16.3. The van der Waals surface area contributed by atoms with E-state index in [1.165, 1.54) is 36.8 Å². The fraction of sp³-hybridized carbons (Fsp3) is 0.222. The monoisotopic (exact) mass is 530 g/mol. The Balaban J connectivity index is 1.76. The molecule has 0 fully saturated rings. The van der Waals surface area contributed by atoms with Gasteiger partial charge < -0.3 is 0 Å². The van der Waals surface area contributed by atoms with Gasteiger partial charge in [0.15, 0.2) is 0 Å². The van der Waals surface area contributed by atoms with Crippen molar-refractivity contribution in [2.45, 2.75) is 35.8 Å². The molecule has 28 heavy (non-hydrogen) atoms. The molecule has 0 heterocycles. The van der Waals surface area contributed by atoms with E-state index in [9.17, 15) is 0 Å². The van der Waals surface area contributed by atoms with Gasteiger partial charge >= 0.3 is 177 Å². The van der Waals surface area contributed by atoms with E-state index in [4.69, 9.17) is 0 Å². The standard InChI is InChI=1S/C13H10.C9H11.C5H5.Hf/c1-3-7-12(8-4-1)11-13-9-5-2-6-10-13;1-2-5-9-7-3-6-8(9)4-1;1-2-4-5-3-1;/h1-10H;3,6-7H,1-2,4-5H2;1-3H,4H2;. The molecule has 3 aliphatic carbocycles. The fourth-order valence-electron chi connectivity index (χ4n) is 4.95. The molecular formula is C27H26Hf. The molecule has 0 spiro atoms. The molecular weight excluding hydrogens is 503 g/mol. The first-order chi connectivity index (χ1) is 13.9. The van der Waals surface area contributed by atoms with Gasteiger partial charge in [-0.2, -0.15) is 0 Å². The maximum atomic E-state index is 2.60. The van der Waals surface area contributed by atoms with Crippen molar-refractivity contribution in [3.63, 3.8) is 0 Å². The Morgan fingerprint density at radius 2 is 1.50 bits per heavy atom. The van der Waals surface area contributed by atoms with Gasteiger partial charge in [0.1, 0.15) is 0 Å². The van der Waals surface area contributed by atoms with Crippen LogP contribution in [0.15, 0.2) is 106 Å². The molecule has 138 valence electrons. The Hall–Kier alpha value is -1.86. The molecule has 0 radical (unpaired) electrons. The molecule has 0 saturated heterocycles. The minimum absolute atomic E-state index is 0.710. The second-order valence-corrected chi connectivity index (χ2v) is 17.3. The topological polar surface area (TPSA) is 0 Å². The predicted octanol–water partition coefficient (Wildman–Crippen LogP) is 6.95. The van der Waals surface area contributed by atoms with Gasteiger partial charge in [-0.3, -0.25) is 0 Å². The number of benzene rings is 2. The quantitative estimate of drug-likeness (QED) is 0.377. The molecule has 0 aliphatic heterocycles. The summed E-state index contributed by atoms with van der Waals surface area (Å²) in [4.78, 5) is 0. The summed E-state index contributed by atoms with van der Waals surface area (Å²) in [6.45, 7) is 0. The predicted molar refractivity (Wildman–Crippen MR) is 116 cm³/mol. The van der Waals surface area contributed by atoms with Gasteiger partial charge in [0.25, 0.3) is 0 Å². The zero-order chi connectivity index (χ0) is 18.8. The number of hydrogen-bond donors (Lipinski definition) is 0. The molecule has 1 unspecified atom stereocenters. The summed E-state index contributed by atoms with van der Waals surface area (Å²) in [6, 6.07) is 22.5. The molecule has 0 aromatic heterocycles. The molecule has 3 aliphatic rings. The summed E-state index contributed by atoms with van der Waals surface area (Å²) in [5.74, 6) is 0. The van der Waals surface area contributed by atoms with E-state index in [0.717, 1.165) is 6.42 Å². The number of rotatable bonds is 4. The van der Waals surface area contributed by atoms with E-state index in [-0.39, 0.29) is 0 Å². The molecule has 0 nitrogen and oxygen atoms in total. The summed E-state index contributed by atoms with van der Waals surface area (Å²) >= 11 is -2.41. The molecule has 5 rings (SSSR count). The van der Waals surface area contributed by atoms with Crippen LogP contribution in [0.2, 0.25) is 3.67 Å². The Morgan fingerprint density at radius 1 is 0.821 bits per heavy atom. The van der Waals surface area contributed by atoms with Gasteiger partial charge in [0.2, 0.25) is 0 Å². The van der Waals surface area contributed by atoms with Crippen molar-refractivity contribution in [3.05, 3.63) is 117 Å². The average molecular weight is 529 g/mol.